The lowest BCUT2D eigenvalue weighted by Gasteiger charge is -2.39. The molecule has 31 heavy (non-hydrogen) atoms. The van der Waals surface area contributed by atoms with E-state index < -0.39 is 17.9 Å². The molecule has 0 bridgehead atoms. The van der Waals surface area contributed by atoms with Crippen LogP contribution < -0.4 is 15.5 Å². The summed E-state index contributed by atoms with van der Waals surface area (Å²) in [4.78, 5) is 14.7. The van der Waals surface area contributed by atoms with Crippen molar-refractivity contribution >= 4 is 29.0 Å². The van der Waals surface area contributed by atoms with E-state index in [0.717, 1.165) is 37.6 Å². The van der Waals surface area contributed by atoms with E-state index >= 15 is 0 Å². The molecule has 2 aliphatic heterocycles. The summed E-state index contributed by atoms with van der Waals surface area (Å²) in [6.45, 7) is 3.12. The van der Waals surface area contributed by atoms with Crippen molar-refractivity contribution in [2.45, 2.75) is 11.8 Å². The van der Waals surface area contributed by atoms with E-state index in [9.17, 15) is 9.90 Å². The molecule has 4 rings (SSSR count). The minimum Gasteiger partial charge on any atom is -0.394 e. The van der Waals surface area contributed by atoms with Gasteiger partial charge in [-0.1, -0.05) is 29.8 Å². The number of carbonyl (C=O) groups excluding carboxylic acids is 1. The number of urea groups is 1. The fourth-order valence-corrected chi connectivity index (χ4v) is 3.78. The average Bonchev–Trinajstić information content (AvgIpc) is 2.80. The summed E-state index contributed by atoms with van der Waals surface area (Å²) in [5.41, 5.74) is 1.53. The van der Waals surface area contributed by atoms with Crippen molar-refractivity contribution in [1.82, 2.24) is 5.32 Å². The fourth-order valence-electron chi connectivity index (χ4n) is 3.59. The lowest BCUT2D eigenvalue weighted by Crippen LogP contribution is -2.61. The van der Waals surface area contributed by atoms with Gasteiger partial charge in [0, 0.05) is 35.1 Å². The van der Waals surface area contributed by atoms with Crippen molar-refractivity contribution in [3.05, 3.63) is 59.1 Å². The topological polar surface area (TPSA) is 92.3 Å². The van der Waals surface area contributed by atoms with E-state index in [1.165, 1.54) is 0 Å². The number of hydrogen-bond acceptors (Lipinski definition) is 6. The lowest BCUT2D eigenvalue weighted by atomic mass is 10.0. The summed E-state index contributed by atoms with van der Waals surface area (Å²) in [5, 5.41) is 15.9. The molecule has 0 saturated carbocycles. The number of rotatable bonds is 5. The molecule has 0 aromatic heterocycles. The van der Waals surface area contributed by atoms with Crippen molar-refractivity contribution in [2.75, 3.05) is 56.3 Å². The van der Waals surface area contributed by atoms with Crippen LogP contribution in [0.15, 0.2) is 48.5 Å². The molecule has 2 heterocycles. The van der Waals surface area contributed by atoms with Gasteiger partial charge in [0.15, 0.2) is 6.29 Å². The summed E-state index contributed by atoms with van der Waals surface area (Å²) >= 11 is 5.94. The normalized spacial score (nSPS) is 23.9. The maximum Gasteiger partial charge on any atom is 0.319 e. The van der Waals surface area contributed by atoms with E-state index in [1.54, 1.807) is 24.3 Å². The Balaban J connectivity index is 1.33. The SMILES string of the molecule is O=C(Nc1cccc(Cl)c1)NC1(CO)COC(c2ccc(N3CCOCC3)cc2)OC1. The lowest BCUT2D eigenvalue weighted by molar-refractivity contribution is -0.220. The third-order valence-electron chi connectivity index (χ3n) is 5.33. The van der Waals surface area contributed by atoms with Gasteiger partial charge >= 0.3 is 6.03 Å². The summed E-state index contributed by atoms with van der Waals surface area (Å²) < 4.78 is 17.1. The van der Waals surface area contributed by atoms with Gasteiger partial charge in [-0.05, 0) is 30.3 Å². The van der Waals surface area contributed by atoms with Crippen LogP contribution in [0.2, 0.25) is 5.02 Å². The molecule has 8 nitrogen and oxygen atoms in total. The van der Waals surface area contributed by atoms with Gasteiger partial charge in [0.25, 0.3) is 0 Å². The average molecular weight is 448 g/mol. The second kappa shape index (κ2) is 9.84. The highest BCUT2D eigenvalue weighted by atomic mass is 35.5. The zero-order valence-electron chi connectivity index (χ0n) is 17.1. The van der Waals surface area contributed by atoms with E-state index in [-0.39, 0.29) is 19.8 Å². The molecule has 2 saturated heterocycles. The predicted molar refractivity (Wildman–Crippen MR) is 118 cm³/mol. The molecule has 9 heteroatoms. The number of benzene rings is 2. The quantitative estimate of drug-likeness (QED) is 0.652. The van der Waals surface area contributed by atoms with Crippen LogP contribution >= 0.6 is 11.6 Å². The first kappa shape index (κ1) is 21.9. The number of anilines is 2. The molecule has 3 N–H and O–H groups in total. The van der Waals surface area contributed by atoms with Crippen molar-refractivity contribution in [2.24, 2.45) is 0 Å². The van der Waals surface area contributed by atoms with Gasteiger partial charge in [0.05, 0.1) is 33.0 Å². The maximum atomic E-state index is 12.4. The monoisotopic (exact) mass is 447 g/mol. The zero-order valence-corrected chi connectivity index (χ0v) is 17.8. The van der Waals surface area contributed by atoms with Crippen LogP contribution in [0.3, 0.4) is 0 Å². The van der Waals surface area contributed by atoms with Gasteiger partial charge in [-0.15, -0.1) is 0 Å². The minimum atomic E-state index is -1.03. The molecule has 0 unspecified atom stereocenters. The number of nitrogens with zero attached hydrogens (tertiary/aromatic N) is 1. The maximum absolute atomic E-state index is 12.4. The van der Waals surface area contributed by atoms with Gasteiger partial charge in [-0.25, -0.2) is 4.79 Å². The summed E-state index contributed by atoms with van der Waals surface area (Å²) in [5.74, 6) is 0. The van der Waals surface area contributed by atoms with E-state index in [4.69, 9.17) is 25.8 Å². The zero-order chi connectivity index (χ0) is 21.7. The summed E-state index contributed by atoms with van der Waals surface area (Å²) in [6, 6.07) is 14.4. The Hall–Kier alpha value is -2.36. The number of nitrogens with one attached hydrogen (secondary N) is 2. The molecule has 0 aliphatic carbocycles. The molecule has 2 amide bonds. The minimum absolute atomic E-state index is 0.113. The standard InChI is InChI=1S/C22H26ClN3O5/c23-17-2-1-3-18(12-17)24-21(28)25-22(13-27)14-30-20(31-15-22)16-4-6-19(7-5-16)26-8-10-29-11-9-26/h1-7,12,20,27H,8-11,13-15H2,(H2,24,25,28). The van der Waals surface area contributed by atoms with Crippen LogP contribution in [0.25, 0.3) is 0 Å². The second-order valence-corrected chi connectivity index (χ2v) is 8.11. The number of morpholine rings is 1. The van der Waals surface area contributed by atoms with E-state index in [1.807, 2.05) is 24.3 Å². The third-order valence-corrected chi connectivity index (χ3v) is 5.56. The van der Waals surface area contributed by atoms with Crippen LogP contribution in [0.4, 0.5) is 16.2 Å². The highest BCUT2D eigenvalue weighted by Gasteiger charge is 2.38. The Morgan fingerprint density at radius 3 is 2.48 bits per heavy atom. The molecule has 2 aromatic rings. The highest BCUT2D eigenvalue weighted by Crippen LogP contribution is 2.29. The van der Waals surface area contributed by atoms with E-state index in [0.29, 0.717) is 10.7 Å². The van der Waals surface area contributed by atoms with Crippen molar-refractivity contribution in [3.8, 4) is 0 Å². The first-order valence-electron chi connectivity index (χ1n) is 10.2. The molecular formula is C22H26ClN3O5. The Kier molecular flexibility index (Phi) is 6.94. The Morgan fingerprint density at radius 1 is 1.13 bits per heavy atom. The van der Waals surface area contributed by atoms with Crippen LogP contribution in [-0.2, 0) is 14.2 Å². The van der Waals surface area contributed by atoms with Gasteiger partial charge in [0.2, 0.25) is 0 Å². The highest BCUT2D eigenvalue weighted by molar-refractivity contribution is 6.30. The molecule has 0 radical (unpaired) electrons. The number of aliphatic hydroxyl groups is 1. The fraction of sp³-hybridized carbons (Fsp3) is 0.409. The number of aliphatic hydroxyl groups excluding tert-OH is 1. The van der Waals surface area contributed by atoms with Gasteiger partial charge in [-0.2, -0.15) is 0 Å². The van der Waals surface area contributed by atoms with Gasteiger partial charge < -0.3 is 34.9 Å². The summed E-state index contributed by atoms with van der Waals surface area (Å²) in [7, 11) is 0. The first-order chi connectivity index (χ1) is 15.1. The molecule has 0 atom stereocenters. The molecule has 2 aliphatic rings. The van der Waals surface area contributed by atoms with Crippen LogP contribution in [-0.4, -0.2) is 62.8 Å². The van der Waals surface area contributed by atoms with E-state index in [2.05, 4.69) is 15.5 Å². The predicted octanol–water partition coefficient (Wildman–Crippen LogP) is 2.77. The Bertz CT molecular complexity index is 881. The van der Waals surface area contributed by atoms with Crippen LogP contribution in [0, 0.1) is 0 Å². The smallest absolute Gasteiger partial charge is 0.319 e. The van der Waals surface area contributed by atoms with Crippen molar-refractivity contribution in [3.63, 3.8) is 0 Å². The first-order valence-corrected chi connectivity index (χ1v) is 10.6. The molecule has 166 valence electrons. The Morgan fingerprint density at radius 2 is 1.84 bits per heavy atom. The molecule has 2 fully saturated rings. The van der Waals surface area contributed by atoms with Crippen LogP contribution in [0.5, 0.6) is 0 Å². The van der Waals surface area contributed by atoms with Crippen molar-refractivity contribution < 1.29 is 24.1 Å². The van der Waals surface area contributed by atoms with Gasteiger partial charge in [0.1, 0.15) is 5.54 Å². The summed E-state index contributed by atoms with van der Waals surface area (Å²) in [6.07, 6.45) is -0.559. The number of carbonyl (C=O) groups is 1. The number of hydrogen-bond donors (Lipinski definition) is 3. The number of halogens is 1. The molecule has 0 spiro atoms. The number of amides is 2. The molecule has 2 aromatic carbocycles. The van der Waals surface area contributed by atoms with Gasteiger partial charge in [-0.3, -0.25) is 0 Å². The number of ether oxygens (including phenoxy) is 3. The van der Waals surface area contributed by atoms with Crippen LogP contribution in [0.1, 0.15) is 11.9 Å². The largest absolute Gasteiger partial charge is 0.394 e. The second-order valence-electron chi connectivity index (χ2n) is 7.67. The van der Waals surface area contributed by atoms with Crippen molar-refractivity contribution in [1.29, 1.82) is 0 Å². The molecular weight excluding hydrogens is 422 g/mol. The Labute approximate surface area is 186 Å². The third kappa shape index (κ3) is 5.47.